The molecule has 0 radical (unpaired) electrons. The molecular formula is C10H12N2O2. The number of anilines is 2. The van der Waals surface area contributed by atoms with Crippen LogP contribution in [0.3, 0.4) is 0 Å². The molecule has 4 heteroatoms. The Morgan fingerprint density at radius 1 is 1.43 bits per heavy atom. The fourth-order valence-electron chi connectivity index (χ4n) is 0.920. The zero-order valence-corrected chi connectivity index (χ0v) is 7.69. The van der Waals surface area contributed by atoms with Gasteiger partial charge >= 0.3 is 5.97 Å². The van der Waals surface area contributed by atoms with Crippen LogP contribution in [-0.4, -0.2) is 12.6 Å². The number of benzene rings is 1. The number of rotatable bonds is 3. The summed E-state index contributed by atoms with van der Waals surface area (Å²) in [5.74, 6) is -0.434. The first-order valence-corrected chi connectivity index (χ1v) is 4.08. The number of ether oxygens (including phenoxy) is 1. The predicted molar refractivity (Wildman–Crippen MR) is 55.7 cm³/mol. The van der Waals surface area contributed by atoms with Gasteiger partial charge in [-0.05, 0) is 18.2 Å². The Morgan fingerprint density at radius 3 is 2.71 bits per heavy atom. The van der Waals surface area contributed by atoms with Crippen LogP contribution in [0.2, 0.25) is 0 Å². The van der Waals surface area contributed by atoms with Crippen LogP contribution in [0.1, 0.15) is 10.4 Å². The van der Waals surface area contributed by atoms with Gasteiger partial charge in [-0.2, -0.15) is 0 Å². The molecule has 4 N–H and O–H groups in total. The third-order valence-electron chi connectivity index (χ3n) is 1.65. The molecule has 0 unspecified atom stereocenters. The Kier molecular flexibility index (Phi) is 3.12. The molecule has 0 aliphatic rings. The Bertz CT molecular complexity index is 361. The summed E-state index contributed by atoms with van der Waals surface area (Å²) in [6.07, 6.45) is 1.50. The third kappa shape index (κ3) is 2.26. The van der Waals surface area contributed by atoms with E-state index in [9.17, 15) is 4.79 Å². The van der Waals surface area contributed by atoms with Crippen LogP contribution in [0.4, 0.5) is 11.4 Å². The summed E-state index contributed by atoms with van der Waals surface area (Å²) in [5, 5.41) is 0. The quantitative estimate of drug-likeness (QED) is 0.428. The molecule has 1 aromatic carbocycles. The highest BCUT2D eigenvalue weighted by Gasteiger charge is 2.07. The van der Waals surface area contributed by atoms with Gasteiger partial charge in [-0.3, -0.25) is 0 Å². The molecular weight excluding hydrogens is 180 g/mol. The normalized spacial score (nSPS) is 9.43. The maximum Gasteiger partial charge on any atom is 0.338 e. The molecule has 0 aliphatic carbocycles. The molecule has 1 aromatic rings. The lowest BCUT2D eigenvalue weighted by molar-refractivity contribution is 0.0550. The Hall–Kier alpha value is -1.97. The van der Waals surface area contributed by atoms with Gasteiger partial charge in [-0.15, -0.1) is 0 Å². The van der Waals surface area contributed by atoms with Crippen LogP contribution in [0, 0.1) is 0 Å². The van der Waals surface area contributed by atoms with Crippen molar-refractivity contribution in [2.75, 3.05) is 18.1 Å². The van der Waals surface area contributed by atoms with Crippen molar-refractivity contribution in [1.82, 2.24) is 0 Å². The molecule has 0 heterocycles. The number of hydrogen-bond donors (Lipinski definition) is 2. The summed E-state index contributed by atoms with van der Waals surface area (Å²) in [5.41, 5.74) is 12.2. The Labute approximate surface area is 82.2 Å². The van der Waals surface area contributed by atoms with Crippen molar-refractivity contribution < 1.29 is 9.53 Å². The lowest BCUT2D eigenvalue weighted by atomic mass is 10.2. The Morgan fingerprint density at radius 2 is 2.14 bits per heavy atom. The van der Waals surface area contributed by atoms with Gasteiger partial charge in [0.15, 0.2) is 0 Å². The second-order valence-electron chi connectivity index (χ2n) is 2.73. The molecule has 0 aliphatic heterocycles. The smallest absolute Gasteiger partial charge is 0.338 e. The maximum atomic E-state index is 11.3. The molecule has 1 rings (SSSR count). The molecule has 0 amide bonds. The average molecular weight is 192 g/mol. The molecule has 74 valence electrons. The van der Waals surface area contributed by atoms with Gasteiger partial charge in [-0.25, -0.2) is 4.79 Å². The first kappa shape index (κ1) is 10.1. The van der Waals surface area contributed by atoms with Crippen molar-refractivity contribution >= 4 is 17.3 Å². The minimum Gasteiger partial charge on any atom is -0.458 e. The Balaban J connectivity index is 2.80. The summed E-state index contributed by atoms with van der Waals surface area (Å²) in [4.78, 5) is 11.3. The molecule has 4 nitrogen and oxygen atoms in total. The summed E-state index contributed by atoms with van der Waals surface area (Å²) in [6.45, 7) is 3.62. The fraction of sp³-hybridized carbons (Fsp3) is 0.100. The molecule has 14 heavy (non-hydrogen) atoms. The van der Waals surface area contributed by atoms with Crippen molar-refractivity contribution in [3.63, 3.8) is 0 Å². The molecule has 0 saturated heterocycles. The number of carbonyl (C=O) groups is 1. The van der Waals surface area contributed by atoms with Gasteiger partial charge in [0.2, 0.25) is 0 Å². The molecule has 0 spiro atoms. The van der Waals surface area contributed by atoms with E-state index in [2.05, 4.69) is 6.58 Å². The van der Waals surface area contributed by atoms with Gasteiger partial charge in [0.1, 0.15) is 6.61 Å². The molecule has 0 atom stereocenters. The van der Waals surface area contributed by atoms with Gasteiger partial charge < -0.3 is 16.2 Å². The van der Waals surface area contributed by atoms with Crippen LogP contribution >= 0.6 is 0 Å². The summed E-state index contributed by atoms with van der Waals surface area (Å²) in [6, 6.07) is 4.62. The van der Waals surface area contributed by atoms with Crippen LogP contribution in [0.15, 0.2) is 30.9 Å². The average Bonchev–Trinajstić information content (AvgIpc) is 2.18. The van der Waals surface area contributed by atoms with Gasteiger partial charge in [0.25, 0.3) is 0 Å². The van der Waals surface area contributed by atoms with Crippen LogP contribution in [0.5, 0.6) is 0 Å². The van der Waals surface area contributed by atoms with E-state index in [-0.39, 0.29) is 6.61 Å². The van der Waals surface area contributed by atoms with E-state index >= 15 is 0 Å². The summed E-state index contributed by atoms with van der Waals surface area (Å²) in [7, 11) is 0. The zero-order valence-electron chi connectivity index (χ0n) is 7.69. The zero-order chi connectivity index (χ0) is 10.6. The second kappa shape index (κ2) is 4.32. The molecule has 0 saturated carbocycles. The predicted octanol–water partition coefficient (Wildman–Crippen LogP) is 1.19. The number of hydrogen-bond acceptors (Lipinski definition) is 4. The van der Waals surface area contributed by atoms with Crippen molar-refractivity contribution in [2.24, 2.45) is 0 Å². The summed E-state index contributed by atoms with van der Waals surface area (Å²) >= 11 is 0. The standard InChI is InChI=1S/C10H12N2O2/c1-2-5-14-10(13)7-3-4-8(11)9(12)6-7/h2-4,6H,1,5,11-12H2. The topological polar surface area (TPSA) is 78.3 Å². The van der Waals surface area contributed by atoms with Crippen LogP contribution < -0.4 is 11.5 Å². The fourth-order valence-corrected chi connectivity index (χ4v) is 0.920. The number of carbonyl (C=O) groups excluding carboxylic acids is 1. The highest BCUT2D eigenvalue weighted by atomic mass is 16.5. The van der Waals surface area contributed by atoms with E-state index in [4.69, 9.17) is 16.2 Å². The maximum absolute atomic E-state index is 11.3. The van der Waals surface area contributed by atoms with Crippen molar-refractivity contribution in [2.45, 2.75) is 0 Å². The van der Waals surface area contributed by atoms with Gasteiger partial charge in [-0.1, -0.05) is 12.7 Å². The number of nitrogens with two attached hydrogens (primary N) is 2. The minimum absolute atomic E-state index is 0.184. The number of nitrogen functional groups attached to an aromatic ring is 2. The minimum atomic E-state index is -0.434. The van der Waals surface area contributed by atoms with Crippen molar-refractivity contribution in [3.05, 3.63) is 36.4 Å². The summed E-state index contributed by atoms with van der Waals surface area (Å²) < 4.78 is 4.82. The monoisotopic (exact) mass is 192 g/mol. The lowest BCUT2D eigenvalue weighted by Gasteiger charge is -2.04. The van der Waals surface area contributed by atoms with Gasteiger partial charge in [0.05, 0.1) is 16.9 Å². The van der Waals surface area contributed by atoms with Crippen LogP contribution in [-0.2, 0) is 4.74 Å². The van der Waals surface area contributed by atoms with E-state index in [0.717, 1.165) is 0 Å². The first-order valence-electron chi connectivity index (χ1n) is 4.08. The molecule has 0 fully saturated rings. The van der Waals surface area contributed by atoms with E-state index in [1.165, 1.54) is 12.1 Å². The molecule has 0 aromatic heterocycles. The van der Waals surface area contributed by atoms with E-state index in [0.29, 0.717) is 16.9 Å². The van der Waals surface area contributed by atoms with E-state index in [1.807, 2.05) is 0 Å². The first-order chi connectivity index (χ1) is 6.65. The van der Waals surface area contributed by atoms with Crippen molar-refractivity contribution in [1.29, 1.82) is 0 Å². The van der Waals surface area contributed by atoms with Crippen LogP contribution in [0.25, 0.3) is 0 Å². The van der Waals surface area contributed by atoms with E-state index < -0.39 is 5.97 Å². The van der Waals surface area contributed by atoms with E-state index in [1.54, 1.807) is 12.1 Å². The molecule has 0 bridgehead atoms. The highest BCUT2D eigenvalue weighted by Crippen LogP contribution is 2.16. The lowest BCUT2D eigenvalue weighted by Crippen LogP contribution is -2.06. The third-order valence-corrected chi connectivity index (χ3v) is 1.65. The van der Waals surface area contributed by atoms with Crippen molar-refractivity contribution in [3.8, 4) is 0 Å². The SMILES string of the molecule is C=CCOC(=O)c1ccc(N)c(N)c1. The largest absolute Gasteiger partial charge is 0.458 e. The number of esters is 1. The highest BCUT2D eigenvalue weighted by molar-refractivity contribution is 5.91. The second-order valence-corrected chi connectivity index (χ2v) is 2.73. The van der Waals surface area contributed by atoms with Gasteiger partial charge in [0, 0.05) is 0 Å².